The molecule has 1 rings (SSSR count). The molecule has 1 atom stereocenters. The minimum Gasteiger partial charge on any atom is -0.490 e. The van der Waals surface area contributed by atoms with Crippen LogP contribution in [0, 0.1) is 11.3 Å². The highest BCUT2D eigenvalue weighted by atomic mass is 16.5. The summed E-state index contributed by atoms with van der Waals surface area (Å²) in [7, 11) is 0. The Hall–Kier alpha value is -2.02. The van der Waals surface area contributed by atoms with Gasteiger partial charge in [-0.05, 0) is 25.1 Å². The fourth-order valence-corrected chi connectivity index (χ4v) is 1.16. The second-order valence-corrected chi connectivity index (χ2v) is 3.17. The van der Waals surface area contributed by atoms with E-state index in [1.54, 1.807) is 31.2 Å². The highest BCUT2D eigenvalue weighted by Gasteiger charge is 2.08. The zero-order valence-electron chi connectivity index (χ0n) is 8.30. The molecular weight excluding hydrogens is 194 g/mol. The van der Waals surface area contributed by atoms with E-state index in [0.29, 0.717) is 11.3 Å². The fourth-order valence-electron chi connectivity index (χ4n) is 1.16. The molecule has 0 aliphatic heterocycles. The van der Waals surface area contributed by atoms with Gasteiger partial charge in [0, 0.05) is 0 Å². The third-order valence-electron chi connectivity index (χ3n) is 1.76. The molecule has 0 saturated carbocycles. The van der Waals surface area contributed by atoms with Crippen LogP contribution in [0.25, 0.3) is 0 Å². The lowest BCUT2D eigenvalue weighted by atomic mass is 10.2. The van der Waals surface area contributed by atoms with Crippen LogP contribution in [-0.4, -0.2) is 17.2 Å². The number of rotatable bonds is 4. The van der Waals surface area contributed by atoms with Crippen molar-refractivity contribution >= 4 is 5.97 Å². The van der Waals surface area contributed by atoms with Gasteiger partial charge in [-0.3, -0.25) is 4.79 Å². The number of benzene rings is 1. The van der Waals surface area contributed by atoms with Crippen LogP contribution in [-0.2, 0) is 4.79 Å². The highest BCUT2D eigenvalue weighted by Crippen LogP contribution is 2.15. The summed E-state index contributed by atoms with van der Waals surface area (Å²) >= 11 is 0. The summed E-state index contributed by atoms with van der Waals surface area (Å²) in [6.07, 6.45) is -0.465. The van der Waals surface area contributed by atoms with Gasteiger partial charge >= 0.3 is 5.97 Å². The topological polar surface area (TPSA) is 70.3 Å². The summed E-state index contributed by atoms with van der Waals surface area (Å²) in [4.78, 5) is 10.4. The number of carboxylic acid groups (broad SMARTS) is 1. The standard InChI is InChI=1S/C11H11NO3/c1-8(5-11(13)14)15-10-4-2-3-9(6-10)7-12/h2-4,6,8H,5H2,1H3,(H,13,14). The maximum Gasteiger partial charge on any atom is 0.307 e. The maximum atomic E-state index is 10.4. The molecule has 0 aromatic heterocycles. The number of aliphatic carboxylic acids is 1. The van der Waals surface area contributed by atoms with Crippen molar-refractivity contribution in [2.24, 2.45) is 0 Å². The molecule has 1 unspecified atom stereocenters. The Morgan fingerprint density at radius 2 is 2.40 bits per heavy atom. The van der Waals surface area contributed by atoms with Gasteiger partial charge in [0.1, 0.15) is 11.9 Å². The lowest BCUT2D eigenvalue weighted by Gasteiger charge is -2.12. The van der Waals surface area contributed by atoms with Crippen molar-refractivity contribution in [1.82, 2.24) is 0 Å². The molecule has 0 heterocycles. The molecule has 0 spiro atoms. The van der Waals surface area contributed by atoms with E-state index in [1.165, 1.54) is 0 Å². The molecule has 0 aliphatic carbocycles. The van der Waals surface area contributed by atoms with Crippen LogP contribution in [0.3, 0.4) is 0 Å². The van der Waals surface area contributed by atoms with Crippen molar-refractivity contribution in [2.45, 2.75) is 19.4 Å². The van der Waals surface area contributed by atoms with Gasteiger partial charge in [0.15, 0.2) is 0 Å². The third-order valence-corrected chi connectivity index (χ3v) is 1.76. The maximum absolute atomic E-state index is 10.4. The fraction of sp³-hybridized carbons (Fsp3) is 0.273. The number of hydrogen-bond donors (Lipinski definition) is 1. The van der Waals surface area contributed by atoms with E-state index < -0.39 is 12.1 Å². The van der Waals surface area contributed by atoms with Crippen LogP contribution in [0.2, 0.25) is 0 Å². The van der Waals surface area contributed by atoms with Gasteiger partial charge in [0.05, 0.1) is 18.1 Å². The average molecular weight is 205 g/mol. The van der Waals surface area contributed by atoms with Crippen LogP contribution < -0.4 is 4.74 Å². The van der Waals surface area contributed by atoms with Gasteiger partial charge < -0.3 is 9.84 Å². The average Bonchev–Trinajstić information content (AvgIpc) is 2.16. The molecule has 1 N–H and O–H groups in total. The van der Waals surface area contributed by atoms with Crippen molar-refractivity contribution in [1.29, 1.82) is 5.26 Å². The Balaban J connectivity index is 2.64. The third kappa shape index (κ3) is 3.69. The first-order valence-corrected chi connectivity index (χ1v) is 4.50. The molecule has 0 bridgehead atoms. The van der Waals surface area contributed by atoms with Gasteiger partial charge in [-0.2, -0.15) is 5.26 Å². The molecule has 0 aliphatic rings. The summed E-state index contributed by atoms with van der Waals surface area (Å²) in [5, 5.41) is 17.2. The Morgan fingerprint density at radius 1 is 1.67 bits per heavy atom. The van der Waals surface area contributed by atoms with Crippen molar-refractivity contribution < 1.29 is 14.6 Å². The lowest BCUT2D eigenvalue weighted by Crippen LogP contribution is -2.16. The first-order valence-electron chi connectivity index (χ1n) is 4.50. The Bertz CT molecular complexity index is 395. The van der Waals surface area contributed by atoms with E-state index in [4.69, 9.17) is 15.1 Å². The predicted octanol–water partition coefficient (Wildman–Crippen LogP) is 1.80. The zero-order chi connectivity index (χ0) is 11.3. The first-order chi connectivity index (χ1) is 7.11. The Morgan fingerprint density at radius 3 is 3.00 bits per heavy atom. The van der Waals surface area contributed by atoms with E-state index in [1.807, 2.05) is 6.07 Å². The van der Waals surface area contributed by atoms with Gasteiger partial charge in [-0.1, -0.05) is 6.07 Å². The van der Waals surface area contributed by atoms with Crippen molar-refractivity contribution in [3.8, 4) is 11.8 Å². The minimum atomic E-state index is -0.904. The minimum absolute atomic E-state index is 0.0587. The summed E-state index contributed by atoms with van der Waals surface area (Å²) < 4.78 is 5.34. The van der Waals surface area contributed by atoms with Crippen LogP contribution in [0.4, 0.5) is 0 Å². The number of nitrogens with zero attached hydrogens (tertiary/aromatic N) is 1. The number of nitriles is 1. The molecule has 15 heavy (non-hydrogen) atoms. The van der Waals surface area contributed by atoms with Crippen LogP contribution in [0.5, 0.6) is 5.75 Å². The molecule has 78 valence electrons. The monoisotopic (exact) mass is 205 g/mol. The number of hydrogen-bond acceptors (Lipinski definition) is 3. The van der Waals surface area contributed by atoms with Crippen molar-refractivity contribution in [2.75, 3.05) is 0 Å². The molecule has 1 aromatic rings. The number of carboxylic acids is 1. The molecule has 4 nitrogen and oxygen atoms in total. The normalized spacial score (nSPS) is 11.5. The predicted molar refractivity (Wildman–Crippen MR) is 53.5 cm³/mol. The summed E-state index contributed by atoms with van der Waals surface area (Å²) in [6.45, 7) is 1.67. The van der Waals surface area contributed by atoms with Gasteiger partial charge in [0.2, 0.25) is 0 Å². The van der Waals surface area contributed by atoms with Crippen LogP contribution in [0.1, 0.15) is 18.9 Å². The molecule has 1 aromatic carbocycles. The summed E-state index contributed by atoms with van der Waals surface area (Å²) in [5.74, 6) is -0.387. The zero-order valence-corrected chi connectivity index (χ0v) is 8.30. The van der Waals surface area contributed by atoms with Gasteiger partial charge in [-0.15, -0.1) is 0 Å². The van der Waals surface area contributed by atoms with E-state index in [2.05, 4.69) is 0 Å². The SMILES string of the molecule is CC(CC(=O)O)Oc1cccc(C#N)c1. The van der Waals surface area contributed by atoms with Crippen LogP contribution >= 0.6 is 0 Å². The molecule has 0 fully saturated rings. The molecule has 0 saturated heterocycles. The Kier molecular flexibility index (Phi) is 3.69. The van der Waals surface area contributed by atoms with Crippen molar-refractivity contribution in [3.63, 3.8) is 0 Å². The number of ether oxygens (including phenoxy) is 1. The van der Waals surface area contributed by atoms with Gasteiger partial charge in [-0.25, -0.2) is 0 Å². The molecular formula is C11H11NO3. The first kappa shape index (κ1) is 11.1. The highest BCUT2D eigenvalue weighted by molar-refractivity contribution is 5.67. The van der Waals surface area contributed by atoms with Crippen molar-refractivity contribution in [3.05, 3.63) is 29.8 Å². The van der Waals surface area contributed by atoms with Gasteiger partial charge in [0.25, 0.3) is 0 Å². The quantitative estimate of drug-likeness (QED) is 0.813. The molecule has 0 amide bonds. The van der Waals surface area contributed by atoms with E-state index >= 15 is 0 Å². The smallest absolute Gasteiger partial charge is 0.307 e. The number of carbonyl (C=O) groups is 1. The second-order valence-electron chi connectivity index (χ2n) is 3.17. The molecule has 0 radical (unpaired) electrons. The summed E-state index contributed by atoms with van der Waals surface area (Å²) in [6, 6.07) is 8.62. The van der Waals surface area contributed by atoms with E-state index in [9.17, 15) is 4.79 Å². The van der Waals surface area contributed by atoms with Crippen LogP contribution in [0.15, 0.2) is 24.3 Å². The van der Waals surface area contributed by atoms with E-state index in [-0.39, 0.29) is 6.42 Å². The summed E-state index contributed by atoms with van der Waals surface area (Å²) in [5.41, 5.74) is 0.495. The van der Waals surface area contributed by atoms with E-state index in [0.717, 1.165) is 0 Å². The molecule has 4 heteroatoms. The lowest BCUT2D eigenvalue weighted by molar-refractivity contribution is -0.138. The second kappa shape index (κ2) is 5.01. The Labute approximate surface area is 87.7 Å². The largest absolute Gasteiger partial charge is 0.490 e.